The number of para-hydroxylation sites is 1. The summed E-state index contributed by atoms with van der Waals surface area (Å²) < 4.78 is 0. The van der Waals surface area contributed by atoms with Crippen molar-refractivity contribution in [1.29, 1.82) is 0 Å². The molecule has 1 aromatic heterocycles. The molecule has 0 spiro atoms. The first-order valence-electron chi connectivity index (χ1n) is 6.40. The SMILES string of the molecule is CCCCC(CC)c1nc2c(Cl)cccc2[nH]1. The molecular formula is C14H19ClN2. The molecule has 2 aromatic rings. The van der Waals surface area contributed by atoms with Crippen molar-refractivity contribution in [1.82, 2.24) is 9.97 Å². The number of nitrogens with one attached hydrogen (secondary N) is 1. The molecule has 3 heteroatoms. The van der Waals surface area contributed by atoms with E-state index in [0.29, 0.717) is 5.92 Å². The molecule has 0 saturated heterocycles. The van der Waals surface area contributed by atoms with Crippen molar-refractivity contribution in [2.24, 2.45) is 0 Å². The minimum atomic E-state index is 0.526. The van der Waals surface area contributed by atoms with Crippen LogP contribution in [0, 0.1) is 0 Å². The van der Waals surface area contributed by atoms with E-state index in [-0.39, 0.29) is 0 Å². The third-order valence-electron chi connectivity index (χ3n) is 3.27. The molecule has 2 nitrogen and oxygen atoms in total. The molecule has 92 valence electrons. The summed E-state index contributed by atoms with van der Waals surface area (Å²) in [6, 6.07) is 5.88. The third kappa shape index (κ3) is 2.63. The van der Waals surface area contributed by atoms with Gasteiger partial charge in [0.25, 0.3) is 0 Å². The number of hydrogen-bond acceptors (Lipinski definition) is 1. The molecule has 17 heavy (non-hydrogen) atoms. The summed E-state index contributed by atoms with van der Waals surface area (Å²) >= 11 is 6.14. The Labute approximate surface area is 107 Å². The second-order valence-corrected chi connectivity index (χ2v) is 4.91. The second kappa shape index (κ2) is 5.54. The van der Waals surface area contributed by atoms with E-state index in [9.17, 15) is 0 Å². The molecule has 1 unspecified atom stereocenters. The summed E-state index contributed by atoms with van der Waals surface area (Å²) in [5.74, 6) is 1.61. The fraction of sp³-hybridized carbons (Fsp3) is 0.500. The lowest BCUT2D eigenvalue weighted by atomic mass is 9.99. The van der Waals surface area contributed by atoms with Gasteiger partial charge in [0, 0.05) is 5.92 Å². The Hall–Kier alpha value is -1.02. The highest BCUT2D eigenvalue weighted by atomic mass is 35.5. The van der Waals surface area contributed by atoms with Crippen LogP contribution in [0.2, 0.25) is 5.02 Å². The fourth-order valence-corrected chi connectivity index (χ4v) is 2.41. The molecule has 1 heterocycles. The number of hydrogen-bond donors (Lipinski definition) is 1. The Kier molecular flexibility index (Phi) is 4.06. The summed E-state index contributed by atoms with van der Waals surface area (Å²) in [4.78, 5) is 8.05. The minimum Gasteiger partial charge on any atom is -0.342 e. The molecule has 0 aliphatic rings. The summed E-state index contributed by atoms with van der Waals surface area (Å²) in [6.45, 7) is 4.44. The standard InChI is InChI=1S/C14H19ClN2/c1-3-5-7-10(4-2)14-16-12-9-6-8-11(15)13(12)17-14/h6,8-10H,3-5,7H2,1-2H3,(H,16,17). The number of aromatic amines is 1. The molecule has 2 rings (SSSR count). The molecule has 0 aliphatic carbocycles. The normalized spacial score (nSPS) is 13.1. The number of nitrogens with zero attached hydrogens (tertiary/aromatic N) is 1. The van der Waals surface area contributed by atoms with E-state index >= 15 is 0 Å². The van der Waals surface area contributed by atoms with Gasteiger partial charge in [0.1, 0.15) is 11.3 Å². The van der Waals surface area contributed by atoms with Gasteiger partial charge in [-0.3, -0.25) is 0 Å². The molecule has 0 amide bonds. The van der Waals surface area contributed by atoms with Crippen molar-refractivity contribution in [2.75, 3.05) is 0 Å². The Morgan fingerprint density at radius 2 is 2.18 bits per heavy atom. The van der Waals surface area contributed by atoms with Gasteiger partial charge in [-0.1, -0.05) is 44.4 Å². The molecule has 0 fully saturated rings. The van der Waals surface area contributed by atoms with E-state index in [1.54, 1.807) is 0 Å². The quantitative estimate of drug-likeness (QED) is 0.803. The molecular weight excluding hydrogens is 232 g/mol. The van der Waals surface area contributed by atoms with Gasteiger partial charge in [-0.2, -0.15) is 0 Å². The van der Waals surface area contributed by atoms with Gasteiger partial charge in [-0.25, -0.2) is 4.98 Å². The molecule has 1 atom stereocenters. The molecule has 0 radical (unpaired) electrons. The molecule has 0 bridgehead atoms. The highest BCUT2D eigenvalue weighted by Crippen LogP contribution is 2.28. The van der Waals surface area contributed by atoms with E-state index < -0.39 is 0 Å². The zero-order valence-electron chi connectivity index (χ0n) is 10.5. The Bertz CT molecular complexity index is 490. The summed E-state index contributed by atoms with van der Waals surface area (Å²) in [7, 11) is 0. The van der Waals surface area contributed by atoms with E-state index in [4.69, 9.17) is 11.6 Å². The Morgan fingerprint density at radius 1 is 1.35 bits per heavy atom. The predicted molar refractivity (Wildman–Crippen MR) is 73.7 cm³/mol. The topological polar surface area (TPSA) is 28.7 Å². The number of aromatic nitrogens is 2. The lowest BCUT2D eigenvalue weighted by Crippen LogP contribution is -1.99. The number of fused-ring (bicyclic) bond motifs is 1. The van der Waals surface area contributed by atoms with E-state index in [2.05, 4.69) is 23.8 Å². The van der Waals surface area contributed by atoms with Crippen LogP contribution in [0.1, 0.15) is 51.3 Å². The van der Waals surface area contributed by atoms with Crippen LogP contribution in [0.5, 0.6) is 0 Å². The van der Waals surface area contributed by atoms with Crippen molar-refractivity contribution >= 4 is 22.6 Å². The lowest BCUT2D eigenvalue weighted by Gasteiger charge is -2.10. The zero-order chi connectivity index (χ0) is 12.3. The van der Waals surface area contributed by atoms with Crippen LogP contribution < -0.4 is 0 Å². The number of H-pyrrole nitrogens is 1. The van der Waals surface area contributed by atoms with Gasteiger partial charge in [-0.05, 0) is 25.0 Å². The smallest absolute Gasteiger partial charge is 0.110 e. The first-order valence-corrected chi connectivity index (χ1v) is 6.78. The van der Waals surface area contributed by atoms with Gasteiger partial charge in [0.15, 0.2) is 0 Å². The Morgan fingerprint density at radius 3 is 2.82 bits per heavy atom. The number of rotatable bonds is 5. The number of benzene rings is 1. The maximum atomic E-state index is 6.14. The summed E-state index contributed by atoms with van der Waals surface area (Å²) in [6.07, 6.45) is 4.81. The monoisotopic (exact) mass is 250 g/mol. The van der Waals surface area contributed by atoms with Crippen LogP contribution >= 0.6 is 11.6 Å². The van der Waals surface area contributed by atoms with E-state index in [1.165, 1.54) is 19.3 Å². The number of unbranched alkanes of at least 4 members (excludes halogenated alkanes) is 1. The van der Waals surface area contributed by atoms with Crippen molar-refractivity contribution in [3.05, 3.63) is 29.0 Å². The maximum Gasteiger partial charge on any atom is 0.110 e. The fourth-order valence-electron chi connectivity index (χ4n) is 2.19. The second-order valence-electron chi connectivity index (χ2n) is 4.51. The van der Waals surface area contributed by atoms with Crippen LogP contribution in [0.25, 0.3) is 11.0 Å². The van der Waals surface area contributed by atoms with Crippen molar-refractivity contribution in [2.45, 2.75) is 45.4 Å². The van der Waals surface area contributed by atoms with Gasteiger partial charge in [0.2, 0.25) is 0 Å². The molecule has 1 N–H and O–H groups in total. The molecule has 0 aliphatic heterocycles. The first kappa shape index (κ1) is 12.4. The van der Waals surface area contributed by atoms with E-state index in [0.717, 1.165) is 28.3 Å². The average molecular weight is 251 g/mol. The molecule has 0 saturated carbocycles. The Balaban J connectivity index is 2.31. The van der Waals surface area contributed by atoms with Gasteiger partial charge in [0.05, 0.1) is 10.5 Å². The van der Waals surface area contributed by atoms with Gasteiger partial charge < -0.3 is 4.98 Å². The number of imidazole rings is 1. The lowest BCUT2D eigenvalue weighted by molar-refractivity contribution is 0.549. The first-order chi connectivity index (χ1) is 8.26. The van der Waals surface area contributed by atoms with E-state index in [1.807, 2.05) is 18.2 Å². The van der Waals surface area contributed by atoms with Gasteiger partial charge in [-0.15, -0.1) is 0 Å². The zero-order valence-corrected chi connectivity index (χ0v) is 11.2. The van der Waals surface area contributed by atoms with Crippen molar-refractivity contribution < 1.29 is 0 Å². The highest BCUT2D eigenvalue weighted by molar-refractivity contribution is 6.34. The van der Waals surface area contributed by atoms with Crippen molar-refractivity contribution in [3.63, 3.8) is 0 Å². The summed E-state index contributed by atoms with van der Waals surface area (Å²) in [5, 5.41) is 0.732. The van der Waals surface area contributed by atoms with Crippen LogP contribution in [0.15, 0.2) is 18.2 Å². The largest absolute Gasteiger partial charge is 0.342 e. The van der Waals surface area contributed by atoms with Gasteiger partial charge >= 0.3 is 0 Å². The maximum absolute atomic E-state index is 6.14. The summed E-state index contributed by atoms with van der Waals surface area (Å²) in [5.41, 5.74) is 1.95. The number of halogens is 1. The van der Waals surface area contributed by atoms with Crippen LogP contribution in [-0.4, -0.2) is 9.97 Å². The predicted octanol–water partition coefficient (Wildman–Crippen LogP) is 4.90. The van der Waals surface area contributed by atoms with Crippen molar-refractivity contribution in [3.8, 4) is 0 Å². The minimum absolute atomic E-state index is 0.526. The average Bonchev–Trinajstić information content (AvgIpc) is 2.75. The van der Waals surface area contributed by atoms with Crippen LogP contribution in [-0.2, 0) is 0 Å². The highest BCUT2D eigenvalue weighted by Gasteiger charge is 2.14. The van der Waals surface area contributed by atoms with Crippen LogP contribution in [0.3, 0.4) is 0 Å². The van der Waals surface area contributed by atoms with Crippen LogP contribution in [0.4, 0.5) is 0 Å². The molecule has 1 aromatic carbocycles. The third-order valence-corrected chi connectivity index (χ3v) is 3.57.